The molecule has 0 saturated heterocycles. The van der Waals surface area contributed by atoms with E-state index in [1.165, 1.54) is 12.1 Å². The number of hydrogen-bond acceptors (Lipinski definition) is 2. The van der Waals surface area contributed by atoms with E-state index in [1.54, 1.807) is 0 Å². The van der Waals surface area contributed by atoms with E-state index in [-0.39, 0.29) is 11.8 Å². The van der Waals surface area contributed by atoms with Crippen molar-refractivity contribution in [3.8, 4) is 5.75 Å². The summed E-state index contributed by atoms with van der Waals surface area (Å²) < 4.78 is 53.6. The summed E-state index contributed by atoms with van der Waals surface area (Å²) in [5.74, 6) is -0.765. The van der Waals surface area contributed by atoms with Crippen LogP contribution in [0.4, 0.5) is 17.6 Å². The van der Waals surface area contributed by atoms with Gasteiger partial charge >= 0.3 is 6.18 Å². The SMILES string of the molecule is CCC(N)Cc1cc(F)cc(OCC(F)(F)F)c1. The molecule has 2 nitrogen and oxygen atoms in total. The maximum absolute atomic E-state index is 13.2. The fourth-order valence-corrected chi connectivity index (χ4v) is 1.43. The molecule has 0 aliphatic heterocycles. The van der Waals surface area contributed by atoms with Gasteiger partial charge in [-0.1, -0.05) is 6.92 Å². The van der Waals surface area contributed by atoms with Gasteiger partial charge in [-0.25, -0.2) is 4.39 Å². The lowest BCUT2D eigenvalue weighted by Gasteiger charge is -2.12. The Morgan fingerprint density at radius 3 is 2.50 bits per heavy atom. The van der Waals surface area contributed by atoms with Gasteiger partial charge in [0.2, 0.25) is 0 Å². The lowest BCUT2D eigenvalue weighted by atomic mass is 10.0. The zero-order valence-electron chi connectivity index (χ0n) is 9.93. The molecule has 0 aliphatic carbocycles. The summed E-state index contributed by atoms with van der Waals surface area (Å²) in [5, 5.41) is 0. The van der Waals surface area contributed by atoms with Crippen LogP contribution in [0, 0.1) is 5.82 Å². The van der Waals surface area contributed by atoms with E-state index >= 15 is 0 Å². The van der Waals surface area contributed by atoms with E-state index in [0.29, 0.717) is 18.4 Å². The number of alkyl halides is 3. The van der Waals surface area contributed by atoms with Crippen LogP contribution in [0.2, 0.25) is 0 Å². The Bertz CT molecular complexity index is 392. The van der Waals surface area contributed by atoms with Gasteiger partial charge in [0.05, 0.1) is 0 Å². The summed E-state index contributed by atoms with van der Waals surface area (Å²) in [6.45, 7) is 0.445. The third-order valence-electron chi connectivity index (χ3n) is 2.36. The summed E-state index contributed by atoms with van der Waals surface area (Å²) in [7, 11) is 0. The highest BCUT2D eigenvalue weighted by Crippen LogP contribution is 2.21. The van der Waals surface area contributed by atoms with Crippen molar-refractivity contribution in [3.05, 3.63) is 29.6 Å². The van der Waals surface area contributed by atoms with Crippen LogP contribution in [0.5, 0.6) is 5.75 Å². The first-order chi connectivity index (χ1) is 8.30. The highest BCUT2D eigenvalue weighted by Gasteiger charge is 2.28. The maximum Gasteiger partial charge on any atom is 0.422 e. The minimum atomic E-state index is -4.44. The lowest BCUT2D eigenvalue weighted by Crippen LogP contribution is -2.22. The van der Waals surface area contributed by atoms with Crippen molar-refractivity contribution in [2.75, 3.05) is 6.61 Å². The van der Waals surface area contributed by atoms with Crippen molar-refractivity contribution in [1.82, 2.24) is 0 Å². The molecular weight excluding hydrogens is 250 g/mol. The first-order valence-corrected chi connectivity index (χ1v) is 5.54. The average molecular weight is 265 g/mol. The molecule has 0 aliphatic rings. The molecule has 0 heterocycles. The standard InChI is InChI=1S/C12H15F4NO/c1-2-10(17)4-8-3-9(13)6-11(5-8)18-7-12(14,15)16/h3,5-6,10H,2,4,7,17H2,1H3. The number of hydrogen-bond donors (Lipinski definition) is 1. The van der Waals surface area contributed by atoms with E-state index in [1.807, 2.05) is 6.92 Å². The first kappa shape index (κ1) is 14.8. The number of rotatable bonds is 5. The molecule has 1 aromatic carbocycles. The molecule has 1 aromatic rings. The topological polar surface area (TPSA) is 35.2 Å². The van der Waals surface area contributed by atoms with Crippen molar-refractivity contribution in [1.29, 1.82) is 0 Å². The van der Waals surface area contributed by atoms with Gasteiger partial charge in [-0.3, -0.25) is 0 Å². The van der Waals surface area contributed by atoms with Crippen LogP contribution in [-0.2, 0) is 6.42 Å². The molecule has 0 bridgehead atoms. The van der Waals surface area contributed by atoms with Gasteiger partial charge in [-0.15, -0.1) is 0 Å². The molecule has 102 valence electrons. The maximum atomic E-state index is 13.2. The van der Waals surface area contributed by atoms with Crippen molar-refractivity contribution in [3.63, 3.8) is 0 Å². The second-order valence-corrected chi connectivity index (χ2v) is 4.07. The third kappa shape index (κ3) is 5.35. The number of halogens is 4. The van der Waals surface area contributed by atoms with Crippen molar-refractivity contribution in [2.24, 2.45) is 5.73 Å². The van der Waals surface area contributed by atoms with E-state index in [9.17, 15) is 17.6 Å². The van der Waals surface area contributed by atoms with Crippen LogP contribution >= 0.6 is 0 Å². The summed E-state index contributed by atoms with van der Waals surface area (Å²) >= 11 is 0. The van der Waals surface area contributed by atoms with Gasteiger partial charge in [-0.05, 0) is 30.5 Å². The minimum absolute atomic E-state index is 0.134. The number of ether oxygens (including phenoxy) is 1. The predicted octanol–water partition coefficient (Wildman–Crippen LogP) is 3.05. The van der Waals surface area contributed by atoms with E-state index in [0.717, 1.165) is 6.07 Å². The highest BCUT2D eigenvalue weighted by atomic mass is 19.4. The molecule has 1 rings (SSSR count). The quantitative estimate of drug-likeness (QED) is 0.830. The second-order valence-electron chi connectivity index (χ2n) is 4.07. The monoisotopic (exact) mass is 265 g/mol. The Morgan fingerprint density at radius 2 is 1.94 bits per heavy atom. The first-order valence-electron chi connectivity index (χ1n) is 5.54. The Morgan fingerprint density at radius 1 is 1.28 bits per heavy atom. The van der Waals surface area contributed by atoms with Crippen LogP contribution in [0.3, 0.4) is 0 Å². The smallest absolute Gasteiger partial charge is 0.422 e. The summed E-state index contributed by atoms with van der Waals surface area (Å²) in [6, 6.07) is 3.40. The van der Waals surface area contributed by atoms with Gasteiger partial charge in [0.1, 0.15) is 11.6 Å². The van der Waals surface area contributed by atoms with Gasteiger partial charge in [0.15, 0.2) is 6.61 Å². The van der Waals surface area contributed by atoms with Crippen LogP contribution in [0.1, 0.15) is 18.9 Å². The van der Waals surface area contributed by atoms with Crippen molar-refractivity contribution < 1.29 is 22.3 Å². The van der Waals surface area contributed by atoms with Crippen LogP contribution in [0.25, 0.3) is 0 Å². The summed E-state index contributed by atoms with van der Waals surface area (Å²) in [6.07, 6.45) is -3.34. The Labute approximate surface area is 103 Å². The molecule has 0 fully saturated rings. The fraction of sp³-hybridized carbons (Fsp3) is 0.500. The second kappa shape index (κ2) is 6.04. The van der Waals surface area contributed by atoms with E-state index in [2.05, 4.69) is 4.74 Å². The molecule has 2 N–H and O–H groups in total. The lowest BCUT2D eigenvalue weighted by molar-refractivity contribution is -0.153. The molecule has 1 unspecified atom stereocenters. The molecule has 0 radical (unpaired) electrons. The number of benzene rings is 1. The highest BCUT2D eigenvalue weighted by molar-refractivity contribution is 5.30. The molecule has 1 atom stereocenters. The molecule has 18 heavy (non-hydrogen) atoms. The van der Waals surface area contributed by atoms with Crippen LogP contribution in [0.15, 0.2) is 18.2 Å². The molecule has 0 amide bonds. The minimum Gasteiger partial charge on any atom is -0.484 e. The van der Waals surface area contributed by atoms with Gasteiger partial charge in [0, 0.05) is 12.1 Å². The van der Waals surface area contributed by atoms with Crippen LogP contribution in [-0.4, -0.2) is 18.8 Å². The summed E-state index contributed by atoms with van der Waals surface area (Å²) in [4.78, 5) is 0. The van der Waals surface area contributed by atoms with E-state index < -0.39 is 18.6 Å². The number of nitrogens with two attached hydrogens (primary N) is 1. The summed E-state index contributed by atoms with van der Waals surface area (Å²) in [5.41, 5.74) is 6.23. The van der Waals surface area contributed by atoms with Gasteiger partial charge < -0.3 is 10.5 Å². The van der Waals surface area contributed by atoms with Gasteiger partial charge in [-0.2, -0.15) is 13.2 Å². The van der Waals surface area contributed by atoms with E-state index in [4.69, 9.17) is 5.73 Å². The van der Waals surface area contributed by atoms with Gasteiger partial charge in [0.25, 0.3) is 0 Å². The van der Waals surface area contributed by atoms with Crippen LogP contribution < -0.4 is 10.5 Å². The molecule has 0 spiro atoms. The normalized spacial score (nSPS) is 13.4. The Hall–Kier alpha value is -1.30. The zero-order valence-corrected chi connectivity index (χ0v) is 9.93. The molecule has 0 saturated carbocycles. The average Bonchev–Trinajstić information content (AvgIpc) is 2.24. The Balaban J connectivity index is 2.74. The third-order valence-corrected chi connectivity index (χ3v) is 2.36. The predicted molar refractivity (Wildman–Crippen MR) is 59.9 cm³/mol. The largest absolute Gasteiger partial charge is 0.484 e. The Kier molecular flexibility index (Phi) is 4.95. The molecular formula is C12H15F4NO. The molecule has 6 heteroatoms. The van der Waals surface area contributed by atoms with Crippen molar-refractivity contribution in [2.45, 2.75) is 32.0 Å². The zero-order chi connectivity index (χ0) is 13.8. The van der Waals surface area contributed by atoms with Crippen molar-refractivity contribution >= 4 is 0 Å². The fourth-order valence-electron chi connectivity index (χ4n) is 1.43. The molecule has 0 aromatic heterocycles.